The van der Waals surface area contributed by atoms with E-state index in [0.29, 0.717) is 28.2 Å². The number of aromatic nitrogens is 4. The van der Waals surface area contributed by atoms with E-state index in [-0.39, 0.29) is 48.7 Å². The number of alkyl halides is 1. The van der Waals surface area contributed by atoms with Crippen molar-refractivity contribution in [2.45, 2.75) is 76.4 Å². The Labute approximate surface area is 371 Å². The molecule has 0 spiro atoms. The Kier molecular flexibility index (Phi) is 14.5. The third kappa shape index (κ3) is 9.42. The lowest BCUT2D eigenvalue weighted by Crippen LogP contribution is -2.42. The van der Waals surface area contributed by atoms with Gasteiger partial charge in [-0.3, -0.25) is 18.4 Å². The van der Waals surface area contributed by atoms with Crippen molar-refractivity contribution in [1.82, 2.24) is 24.2 Å². The van der Waals surface area contributed by atoms with Crippen molar-refractivity contribution in [2.75, 3.05) is 32.8 Å². The van der Waals surface area contributed by atoms with Crippen LogP contribution in [0.1, 0.15) is 67.4 Å². The Bertz CT molecular complexity index is 2520. The fourth-order valence-corrected chi connectivity index (χ4v) is 10.3. The second kappa shape index (κ2) is 20.2. The molecule has 0 radical (unpaired) electrons. The monoisotopic (exact) mass is 891 g/mol. The first kappa shape index (κ1) is 46.0. The standard InChI is InChI=1S/C47H51FN7O8P/c1-31(2)55(32(3)4)64(57,61-27-13-26-49)63-42-39(62-46(40(42)48)54-30-52-41-43(50-29-51-44(41)54)53-45(56)33-14-9-7-10-15-33)28-60-47(34-16-11-8-12-17-34,35-18-22-37(58-5)23-19-35)36-20-24-38(59-6)25-21-36/h7-12,14-25,29-32,39-40,42,46H,13,27-28H2,1-6H3,(H,50,51,53,56)/t39-,40-,42-,46-,64?/m1/s1. The molecule has 1 aliphatic rings. The third-order valence-corrected chi connectivity index (χ3v) is 13.4. The number of anilines is 1. The molecular weight excluding hydrogens is 841 g/mol. The number of fused-ring (bicyclic) bond motifs is 1. The molecule has 7 rings (SSSR count). The smallest absolute Gasteiger partial charge is 0.409 e. The van der Waals surface area contributed by atoms with E-state index in [1.807, 2.05) is 113 Å². The molecule has 0 aliphatic carbocycles. The molecule has 1 unspecified atom stereocenters. The SMILES string of the molecule is COc1ccc(C(OC[C@H]2O[C@@H](n3cnc4c(NC(=O)c5ccccc5)ncnc43)[C@H](F)[C@@H]2OP(=O)(OCCC#N)N(C(C)C)C(C)C)(c2ccccc2)c2ccc(OC)cc2)cc1. The molecule has 5 atom stereocenters. The molecule has 1 aliphatic heterocycles. The first-order valence-electron chi connectivity index (χ1n) is 20.8. The summed E-state index contributed by atoms with van der Waals surface area (Å²) >= 11 is 0. The zero-order valence-corrected chi connectivity index (χ0v) is 37.3. The maximum Gasteiger partial charge on any atom is 0.409 e. The van der Waals surface area contributed by atoms with E-state index in [1.54, 1.807) is 49.2 Å². The summed E-state index contributed by atoms with van der Waals surface area (Å²) in [4.78, 5) is 26.3. The molecule has 1 saturated heterocycles. The predicted molar refractivity (Wildman–Crippen MR) is 238 cm³/mol. The number of nitrogens with one attached hydrogen (secondary N) is 1. The number of nitrogens with zero attached hydrogens (tertiary/aromatic N) is 6. The molecule has 4 aromatic carbocycles. The first-order chi connectivity index (χ1) is 30.9. The minimum atomic E-state index is -4.38. The van der Waals surface area contributed by atoms with Crippen LogP contribution in [0, 0.1) is 11.3 Å². The molecule has 1 amide bonds. The van der Waals surface area contributed by atoms with Gasteiger partial charge >= 0.3 is 7.75 Å². The highest BCUT2D eigenvalue weighted by Crippen LogP contribution is 2.58. The molecule has 1 N–H and O–H groups in total. The van der Waals surface area contributed by atoms with Gasteiger partial charge in [0.05, 0.1) is 46.3 Å². The molecular formula is C47H51FN7O8P. The molecule has 17 heteroatoms. The predicted octanol–water partition coefficient (Wildman–Crippen LogP) is 8.88. The molecule has 2 aromatic heterocycles. The Balaban J connectivity index is 1.33. The number of rotatable bonds is 19. The van der Waals surface area contributed by atoms with Crippen LogP contribution in [-0.4, -0.2) is 88.0 Å². The summed E-state index contributed by atoms with van der Waals surface area (Å²) in [7, 11) is -1.21. The van der Waals surface area contributed by atoms with Gasteiger partial charge in [0.2, 0.25) is 0 Å². The van der Waals surface area contributed by atoms with Gasteiger partial charge in [-0.2, -0.15) is 5.26 Å². The average Bonchev–Trinajstić information content (AvgIpc) is 3.87. The Hall–Kier alpha value is -6.05. The zero-order chi connectivity index (χ0) is 45.4. The minimum absolute atomic E-state index is 0.0834. The average molecular weight is 892 g/mol. The lowest BCUT2D eigenvalue weighted by molar-refractivity contribution is -0.0930. The second-order valence-electron chi connectivity index (χ2n) is 15.5. The number of benzene rings is 4. The summed E-state index contributed by atoms with van der Waals surface area (Å²) in [6.45, 7) is 6.77. The molecule has 64 heavy (non-hydrogen) atoms. The van der Waals surface area contributed by atoms with Crippen molar-refractivity contribution in [3.63, 3.8) is 0 Å². The molecule has 6 aromatic rings. The summed E-state index contributed by atoms with van der Waals surface area (Å²) in [6, 6.07) is 34.3. The molecule has 3 heterocycles. The van der Waals surface area contributed by atoms with Crippen LogP contribution in [0.3, 0.4) is 0 Å². The lowest BCUT2D eigenvalue weighted by atomic mass is 9.80. The number of nitriles is 1. The van der Waals surface area contributed by atoms with Gasteiger partial charge in [0.15, 0.2) is 29.4 Å². The van der Waals surface area contributed by atoms with Gasteiger partial charge in [-0.25, -0.2) is 28.6 Å². The number of methoxy groups -OCH3 is 2. The third-order valence-electron chi connectivity index (χ3n) is 10.9. The van der Waals surface area contributed by atoms with Gasteiger partial charge < -0.3 is 24.3 Å². The maximum atomic E-state index is 17.7. The van der Waals surface area contributed by atoms with Crippen LogP contribution in [0.5, 0.6) is 11.5 Å². The van der Waals surface area contributed by atoms with E-state index in [0.717, 1.165) is 5.56 Å². The van der Waals surface area contributed by atoms with Crippen LogP contribution < -0.4 is 14.8 Å². The molecule has 334 valence electrons. The van der Waals surface area contributed by atoms with Crippen LogP contribution >= 0.6 is 7.75 Å². The van der Waals surface area contributed by atoms with Crippen LogP contribution in [0.4, 0.5) is 10.2 Å². The Morgan fingerprint density at radius 1 is 0.875 bits per heavy atom. The number of amides is 1. The molecule has 1 fully saturated rings. The van der Waals surface area contributed by atoms with Gasteiger partial charge in [-0.15, -0.1) is 0 Å². The van der Waals surface area contributed by atoms with E-state index >= 15 is 8.96 Å². The summed E-state index contributed by atoms with van der Waals surface area (Å²) in [5.74, 6) is 0.929. The Morgan fingerprint density at radius 2 is 1.45 bits per heavy atom. The van der Waals surface area contributed by atoms with E-state index in [4.69, 9.17) is 28.0 Å². The summed E-state index contributed by atoms with van der Waals surface area (Å²) in [6.07, 6.45) is -3.81. The maximum absolute atomic E-state index is 17.7. The van der Waals surface area contributed by atoms with E-state index in [9.17, 15) is 10.1 Å². The highest BCUT2D eigenvalue weighted by atomic mass is 31.2. The normalized spacial score (nSPS) is 18.6. The minimum Gasteiger partial charge on any atom is -0.497 e. The summed E-state index contributed by atoms with van der Waals surface area (Å²) in [5.41, 5.74) is 1.56. The Morgan fingerprint density at radius 3 is 2.02 bits per heavy atom. The number of imidazole rings is 1. The lowest BCUT2D eigenvalue weighted by Gasteiger charge is -2.39. The van der Waals surface area contributed by atoms with Crippen molar-refractivity contribution in [3.8, 4) is 17.6 Å². The molecule has 15 nitrogen and oxygen atoms in total. The van der Waals surface area contributed by atoms with Crippen LogP contribution in [0.15, 0.2) is 122 Å². The zero-order valence-electron chi connectivity index (χ0n) is 36.4. The fourth-order valence-electron chi connectivity index (χ4n) is 8.03. The van der Waals surface area contributed by atoms with Crippen LogP contribution in [0.2, 0.25) is 0 Å². The molecule has 0 bridgehead atoms. The van der Waals surface area contributed by atoms with Crippen LogP contribution in [-0.2, 0) is 28.7 Å². The van der Waals surface area contributed by atoms with Crippen LogP contribution in [0.25, 0.3) is 11.2 Å². The number of carbonyl (C=O) groups is 1. The quantitative estimate of drug-likeness (QED) is 0.0465. The van der Waals surface area contributed by atoms with Gasteiger partial charge in [0.1, 0.15) is 35.6 Å². The number of hydrogen-bond donors (Lipinski definition) is 1. The second-order valence-corrected chi connectivity index (χ2v) is 17.4. The van der Waals surface area contributed by atoms with Gasteiger partial charge in [-0.1, -0.05) is 72.8 Å². The number of ether oxygens (including phenoxy) is 4. The van der Waals surface area contributed by atoms with Gasteiger partial charge in [-0.05, 0) is 80.8 Å². The topological polar surface area (TPSA) is 172 Å². The largest absolute Gasteiger partial charge is 0.497 e. The van der Waals surface area contributed by atoms with Crippen molar-refractivity contribution in [3.05, 3.63) is 144 Å². The van der Waals surface area contributed by atoms with E-state index in [1.165, 1.54) is 17.2 Å². The summed E-state index contributed by atoms with van der Waals surface area (Å²) in [5, 5.41) is 12.2. The number of carbonyl (C=O) groups excluding carboxylic acids is 1. The number of halogens is 1. The summed E-state index contributed by atoms with van der Waals surface area (Å²) < 4.78 is 73.1. The van der Waals surface area contributed by atoms with Crippen molar-refractivity contribution in [2.24, 2.45) is 0 Å². The first-order valence-corrected chi connectivity index (χ1v) is 22.3. The highest BCUT2D eigenvalue weighted by Gasteiger charge is 2.54. The van der Waals surface area contributed by atoms with Gasteiger partial charge in [0.25, 0.3) is 5.91 Å². The fraction of sp³-hybridized carbons (Fsp3) is 0.340. The van der Waals surface area contributed by atoms with E-state index < -0.39 is 43.9 Å². The van der Waals surface area contributed by atoms with Crippen molar-refractivity contribution >= 4 is 30.6 Å². The number of hydrogen-bond acceptors (Lipinski definition) is 12. The van der Waals surface area contributed by atoms with Crippen molar-refractivity contribution in [1.29, 1.82) is 5.26 Å². The highest BCUT2D eigenvalue weighted by molar-refractivity contribution is 7.51. The van der Waals surface area contributed by atoms with Crippen molar-refractivity contribution < 1.29 is 41.7 Å². The van der Waals surface area contributed by atoms with E-state index in [2.05, 4.69) is 20.3 Å². The molecule has 0 saturated carbocycles. The van der Waals surface area contributed by atoms with Gasteiger partial charge in [0, 0.05) is 17.6 Å².